The van der Waals surface area contributed by atoms with Crippen LogP contribution in [0.4, 0.5) is 0 Å². The van der Waals surface area contributed by atoms with E-state index in [-0.39, 0.29) is 12.0 Å². The fourth-order valence-corrected chi connectivity index (χ4v) is 3.01. The minimum absolute atomic E-state index is 0.0271. The minimum Gasteiger partial charge on any atom is -0.333 e. The molecule has 0 atom stereocenters. The molecule has 0 saturated carbocycles. The average molecular weight is 302 g/mol. The van der Waals surface area contributed by atoms with Gasteiger partial charge in [-0.1, -0.05) is 42.0 Å². The van der Waals surface area contributed by atoms with E-state index in [2.05, 4.69) is 6.07 Å². The first-order valence-electron chi connectivity index (χ1n) is 7.60. The third-order valence-corrected chi connectivity index (χ3v) is 4.24. The van der Waals surface area contributed by atoms with Crippen molar-refractivity contribution < 1.29 is 0 Å². The van der Waals surface area contributed by atoms with E-state index in [1.54, 1.807) is 0 Å². The van der Waals surface area contributed by atoms with Crippen molar-refractivity contribution in [1.29, 1.82) is 5.26 Å². The third kappa shape index (κ3) is 2.53. The van der Waals surface area contributed by atoms with E-state index in [9.17, 15) is 4.79 Å². The summed E-state index contributed by atoms with van der Waals surface area (Å²) in [6.07, 6.45) is 1.81. The van der Waals surface area contributed by atoms with Gasteiger partial charge in [0.15, 0.2) is 5.43 Å². The van der Waals surface area contributed by atoms with Gasteiger partial charge >= 0.3 is 0 Å². The fraction of sp³-hybridized carbons (Fsp3) is 0.200. The third-order valence-electron chi connectivity index (χ3n) is 4.24. The van der Waals surface area contributed by atoms with Crippen molar-refractivity contribution >= 4 is 10.9 Å². The summed E-state index contributed by atoms with van der Waals surface area (Å²) in [6, 6.07) is 14.1. The summed E-state index contributed by atoms with van der Waals surface area (Å²) in [7, 11) is 0. The molecule has 0 N–H and O–H groups in total. The number of pyridine rings is 1. The first-order valence-corrected chi connectivity index (χ1v) is 7.60. The van der Waals surface area contributed by atoms with Crippen molar-refractivity contribution in [2.45, 2.75) is 27.3 Å². The van der Waals surface area contributed by atoms with E-state index < -0.39 is 0 Å². The lowest BCUT2D eigenvalue weighted by Crippen LogP contribution is -2.14. The lowest BCUT2D eigenvalue weighted by Gasteiger charge is -2.14. The van der Waals surface area contributed by atoms with Gasteiger partial charge in [0, 0.05) is 17.1 Å². The maximum absolute atomic E-state index is 13.0. The molecular formula is C20H18N2O. The van der Waals surface area contributed by atoms with Gasteiger partial charge in [-0.2, -0.15) is 5.26 Å². The van der Waals surface area contributed by atoms with Crippen molar-refractivity contribution in [1.82, 2.24) is 4.57 Å². The van der Waals surface area contributed by atoms with Crippen LogP contribution >= 0.6 is 0 Å². The van der Waals surface area contributed by atoms with Crippen molar-refractivity contribution in [3.63, 3.8) is 0 Å². The molecule has 0 unspecified atom stereocenters. The van der Waals surface area contributed by atoms with Gasteiger partial charge < -0.3 is 4.57 Å². The van der Waals surface area contributed by atoms with E-state index >= 15 is 0 Å². The van der Waals surface area contributed by atoms with Crippen LogP contribution in [0.25, 0.3) is 22.0 Å². The summed E-state index contributed by atoms with van der Waals surface area (Å²) in [5.41, 5.74) is 5.51. The molecule has 3 heteroatoms. The van der Waals surface area contributed by atoms with E-state index in [1.165, 1.54) is 0 Å². The molecule has 0 aliphatic heterocycles. The minimum atomic E-state index is 0.0271. The lowest BCUT2D eigenvalue weighted by molar-refractivity contribution is 0.859. The molecule has 0 aliphatic rings. The number of fused-ring (bicyclic) bond motifs is 1. The molecule has 0 fully saturated rings. The SMILES string of the molecule is Cc1ccc(-c2cn(CC#N)c3c(C)ccc(C)c3c2=O)cc1. The molecule has 0 bridgehead atoms. The number of hydrogen-bond acceptors (Lipinski definition) is 2. The Morgan fingerprint density at radius 2 is 1.65 bits per heavy atom. The molecule has 114 valence electrons. The number of hydrogen-bond donors (Lipinski definition) is 0. The number of aryl methyl sites for hydroxylation is 3. The Labute approximate surface area is 135 Å². The van der Waals surface area contributed by atoms with Crippen LogP contribution < -0.4 is 5.43 Å². The maximum atomic E-state index is 13.0. The van der Waals surface area contributed by atoms with Gasteiger partial charge in [0.25, 0.3) is 0 Å². The van der Waals surface area contributed by atoms with Crippen LogP contribution in [0.15, 0.2) is 47.4 Å². The standard InChI is InChI=1S/C20H18N2O/c1-13-4-8-16(9-5-13)17-12-22(11-10-21)19-15(3)7-6-14(2)18(19)20(17)23/h4-9,12H,11H2,1-3H3. The van der Waals surface area contributed by atoms with E-state index in [1.807, 2.05) is 67.9 Å². The molecule has 0 aliphatic carbocycles. The highest BCUT2D eigenvalue weighted by Crippen LogP contribution is 2.24. The predicted molar refractivity (Wildman–Crippen MR) is 93.5 cm³/mol. The van der Waals surface area contributed by atoms with Crippen molar-refractivity contribution in [2.75, 3.05) is 0 Å². The molecule has 1 heterocycles. The van der Waals surface area contributed by atoms with E-state index in [4.69, 9.17) is 5.26 Å². The Balaban J connectivity index is 2.43. The normalized spacial score (nSPS) is 10.7. The highest BCUT2D eigenvalue weighted by atomic mass is 16.1. The summed E-state index contributed by atoms with van der Waals surface area (Å²) >= 11 is 0. The van der Waals surface area contributed by atoms with Crippen LogP contribution in [0.2, 0.25) is 0 Å². The van der Waals surface area contributed by atoms with Gasteiger partial charge in [-0.25, -0.2) is 0 Å². The summed E-state index contributed by atoms with van der Waals surface area (Å²) < 4.78 is 1.88. The quantitative estimate of drug-likeness (QED) is 0.715. The van der Waals surface area contributed by atoms with Gasteiger partial charge in [0.1, 0.15) is 6.54 Å². The summed E-state index contributed by atoms with van der Waals surface area (Å²) in [4.78, 5) is 13.0. The van der Waals surface area contributed by atoms with Crippen LogP contribution in [-0.4, -0.2) is 4.57 Å². The van der Waals surface area contributed by atoms with Crippen LogP contribution in [0, 0.1) is 32.1 Å². The molecule has 23 heavy (non-hydrogen) atoms. The van der Waals surface area contributed by atoms with Crippen LogP contribution in [0.5, 0.6) is 0 Å². The zero-order valence-corrected chi connectivity index (χ0v) is 13.6. The number of nitrogens with zero attached hydrogens (tertiary/aromatic N) is 2. The number of rotatable bonds is 2. The number of nitriles is 1. The second-order valence-corrected chi connectivity index (χ2v) is 5.95. The van der Waals surface area contributed by atoms with Crippen molar-refractivity contribution in [3.05, 3.63) is 69.5 Å². The molecule has 3 rings (SSSR count). The van der Waals surface area contributed by atoms with Crippen molar-refractivity contribution in [2.24, 2.45) is 0 Å². The molecule has 2 aromatic carbocycles. The van der Waals surface area contributed by atoms with Gasteiger partial charge in [-0.15, -0.1) is 0 Å². The Bertz CT molecular complexity index is 989. The topological polar surface area (TPSA) is 45.8 Å². The zero-order valence-electron chi connectivity index (χ0n) is 13.6. The highest BCUT2D eigenvalue weighted by molar-refractivity contribution is 5.89. The Morgan fingerprint density at radius 3 is 2.30 bits per heavy atom. The van der Waals surface area contributed by atoms with Crippen LogP contribution in [-0.2, 0) is 6.54 Å². The Hall–Kier alpha value is -2.86. The fourth-order valence-electron chi connectivity index (χ4n) is 3.01. The van der Waals surface area contributed by atoms with Crippen LogP contribution in [0.3, 0.4) is 0 Å². The average Bonchev–Trinajstić information content (AvgIpc) is 2.54. The Morgan fingerprint density at radius 1 is 1.00 bits per heavy atom. The number of benzene rings is 2. The molecular weight excluding hydrogens is 284 g/mol. The summed E-state index contributed by atoms with van der Waals surface area (Å²) in [6.45, 7) is 6.16. The second kappa shape index (κ2) is 5.73. The molecule has 3 aromatic rings. The largest absolute Gasteiger partial charge is 0.333 e. The van der Waals surface area contributed by atoms with Crippen LogP contribution in [0.1, 0.15) is 16.7 Å². The van der Waals surface area contributed by atoms with Crippen molar-refractivity contribution in [3.8, 4) is 17.2 Å². The second-order valence-electron chi connectivity index (χ2n) is 5.95. The molecule has 3 nitrogen and oxygen atoms in total. The molecule has 1 aromatic heterocycles. The first kappa shape index (κ1) is 15.1. The van der Waals surface area contributed by atoms with Gasteiger partial charge in [0.05, 0.1) is 11.6 Å². The number of aromatic nitrogens is 1. The molecule has 0 radical (unpaired) electrons. The van der Waals surface area contributed by atoms with E-state index in [0.717, 1.165) is 27.8 Å². The Kier molecular flexibility index (Phi) is 3.75. The molecule has 0 amide bonds. The predicted octanol–water partition coefficient (Wildman–Crippen LogP) is 4.12. The van der Waals surface area contributed by atoms with Gasteiger partial charge in [-0.3, -0.25) is 4.79 Å². The smallest absolute Gasteiger partial charge is 0.197 e. The van der Waals surface area contributed by atoms with Gasteiger partial charge in [0.2, 0.25) is 0 Å². The monoisotopic (exact) mass is 302 g/mol. The zero-order chi connectivity index (χ0) is 16.6. The summed E-state index contributed by atoms with van der Waals surface area (Å²) in [5.74, 6) is 0. The first-order chi connectivity index (χ1) is 11.0. The highest BCUT2D eigenvalue weighted by Gasteiger charge is 2.14. The van der Waals surface area contributed by atoms with Gasteiger partial charge in [-0.05, 0) is 37.5 Å². The lowest BCUT2D eigenvalue weighted by atomic mass is 9.99. The molecule has 0 saturated heterocycles. The maximum Gasteiger partial charge on any atom is 0.197 e. The molecule has 0 spiro atoms. The van der Waals surface area contributed by atoms with E-state index in [0.29, 0.717) is 10.9 Å². The summed E-state index contributed by atoms with van der Waals surface area (Å²) in [5, 5.41) is 9.86.